The summed E-state index contributed by atoms with van der Waals surface area (Å²) in [5.41, 5.74) is 0.0370. The molecule has 6 rings (SSSR count). The number of hydrogen-bond donors (Lipinski definition) is 0. The van der Waals surface area contributed by atoms with E-state index in [0.29, 0.717) is 23.7 Å². The Bertz CT molecular complexity index is 664. The van der Waals surface area contributed by atoms with Crippen molar-refractivity contribution in [2.75, 3.05) is 4.90 Å². The largest absolute Gasteiger partial charge is 0.274 e. The fourth-order valence-electron chi connectivity index (χ4n) is 5.46. The highest BCUT2D eigenvalue weighted by Crippen LogP contribution is 2.68. The molecule has 1 aromatic carbocycles. The van der Waals surface area contributed by atoms with E-state index in [2.05, 4.69) is 0 Å². The van der Waals surface area contributed by atoms with Crippen LogP contribution < -0.4 is 4.90 Å². The molecule has 6 atom stereocenters. The van der Waals surface area contributed by atoms with E-state index < -0.39 is 11.6 Å². The van der Waals surface area contributed by atoms with E-state index in [1.54, 1.807) is 0 Å². The van der Waals surface area contributed by atoms with Crippen LogP contribution in [0.25, 0.3) is 0 Å². The molecule has 0 radical (unpaired) electrons. The lowest BCUT2D eigenvalue weighted by Crippen LogP contribution is -2.43. The van der Waals surface area contributed by atoms with Crippen molar-refractivity contribution in [3.63, 3.8) is 0 Å². The molecule has 5 aliphatic rings. The van der Waals surface area contributed by atoms with E-state index in [1.807, 2.05) is 0 Å². The number of carbonyl (C=O) groups excluding carboxylic acids is 2. The molecule has 0 aromatic heterocycles. The van der Waals surface area contributed by atoms with Crippen LogP contribution in [0.15, 0.2) is 18.2 Å². The van der Waals surface area contributed by atoms with Crippen molar-refractivity contribution in [1.82, 2.24) is 0 Å². The van der Waals surface area contributed by atoms with Crippen molar-refractivity contribution in [1.29, 1.82) is 0 Å². The van der Waals surface area contributed by atoms with E-state index in [-0.39, 0.29) is 29.3 Å². The van der Waals surface area contributed by atoms with Gasteiger partial charge in [0.05, 0.1) is 17.5 Å². The summed E-state index contributed by atoms with van der Waals surface area (Å²) in [5, 5.41) is 0. The number of hydrogen-bond acceptors (Lipinski definition) is 2. The highest BCUT2D eigenvalue weighted by atomic mass is 19.1. The topological polar surface area (TPSA) is 37.4 Å². The van der Waals surface area contributed by atoms with Crippen LogP contribution in [0.5, 0.6) is 0 Å². The molecule has 5 heteroatoms. The maximum Gasteiger partial charge on any atom is 0.237 e. The van der Waals surface area contributed by atoms with Gasteiger partial charge in [0, 0.05) is 6.07 Å². The van der Waals surface area contributed by atoms with Crippen molar-refractivity contribution in [3.05, 3.63) is 29.8 Å². The Hall–Kier alpha value is -1.78. The summed E-state index contributed by atoms with van der Waals surface area (Å²) in [4.78, 5) is 26.6. The minimum absolute atomic E-state index is 0.0370. The first-order valence-electron chi connectivity index (χ1n) is 7.90. The fourth-order valence-corrected chi connectivity index (χ4v) is 5.46. The van der Waals surface area contributed by atoms with Gasteiger partial charge in [0.15, 0.2) is 0 Å². The Morgan fingerprint density at radius 1 is 0.818 bits per heavy atom. The van der Waals surface area contributed by atoms with Gasteiger partial charge in [-0.25, -0.2) is 13.7 Å². The molecule has 114 valence electrons. The van der Waals surface area contributed by atoms with Crippen LogP contribution in [0.2, 0.25) is 0 Å². The van der Waals surface area contributed by atoms with Gasteiger partial charge in [0.1, 0.15) is 11.6 Å². The molecule has 1 aromatic rings. The van der Waals surface area contributed by atoms with Crippen molar-refractivity contribution in [2.45, 2.75) is 19.3 Å². The lowest BCUT2D eigenvalue weighted by molar-refractivity contribution is -0.129. The van der Waals surface area contributed by atoms with Crippen LogP contribution in [0.3, 0.4) is 0 Å². The van der Waals surface area contributed by atoms with E-state index in [4.69, 9.17) is 0 Å². The summed E-state index contributed by atoms with van der Waals surface area (Å²) in [7, 11) is 0. The van der Waals surface area contributed by atoms with Gasteiger partial charge in [-0.1, -0.05) is 0 Å². The standard InChI is InChI=1S/C17H15F2NO2/c18-7-3-8(19)5-9(4-7)20-16(21)14-10-1-2-11(13-6-12(10)13)15(14)17(20)22/h3-5,10-15H,1-2,6H2. The van der Waals surface area contributed by atoms with Gasteiger partial charge in [0.25, 0.3) is 0 Å². The Labute approximate surface area is 126 Å². The molecule has 4 aliphatic carbocycles. The van der Waals surface area contributed by atoms with Gasteiger partial charge in [-0.05, 0) is 55.1 Å². The number of fused-ring (bicyclic) bond motifs is 1. The number of amides is 2. The Morgan fingerprint density at radius 3 is 1.82 bits per heavy atom. The normalized spacial score (nSPS) is 41.6. The maximum atomic E-state index is 13.5. The molecular weight excluding hydrogens is 288 g/mol. The van der Waals surface area contributed by atoms with Crippen LogP contribution >= 0.6 is 0 Å². The number of rotatable bonds is 1. The molecule has 1 saturated heterocycles. The molecule has 0 N–H and O–H groups in total. The van der Waals surface area contributed by atoms with E-state index in [1.165, 1.54) is 0 Å². The molecule has 0 spiro atoms. The maximum absolute atomic E-state index is 13.5. The number of imide groups is 1. The summed E-state index contributed by atoms with van der Waals surface area (Å²) in [6, 6.07) is 2.89. The Morgan fingerprint density at radius 2 is 1.32 bits per heavy atom. The van der Waals surface area contributed by atoms with Crippen LogP contribution in [-0.2, 0) is 9.59 Å². The van der Waals surface area contributed by atoms with Crippen LogP contribution in [0.4, 0.5) is 14.5 Å². The second-order valence-electron chi connectivity index (χ2n) is 7.16. The van der Waals surface area contributed by atoms with E-state index in [9.17, 15) is 18.4 Å². The molecule has 2 bridgehead atoms. The zero-order valence-electron chi connectivity index (χ0n) is 11.8. The second-order valence-corrected chi connectivity index (χ2v) is 7.16. The van der Waals surface area contributed by atoms with Crippen molar-refractivity contribution in [3.8, 4) is 0 Å². The highest BCUT2D eigenvalue weighted by Gasteiger charge is 2.68. The third-order valence-corrected chi connectivity index (χ3v) is 6.25. The zero-order chi connectivity index (χ0) is 15.2. The van der Waals surface area contributed by atoms with Gasteiger partial charge >= 0.3 is 0 Å². The highest BCUT2D eigenvalue weighted by molar-refractivity contribution is 6.22. The Kier molecular flexibility index (Phi) is 2.28. The molecular formula is C17H15F2NO2. The SMILES string of the molecule is O=C1C2C3CCC(C4CC43)C2C(=O)N1c1cc(F)cc(F)c1. The number of benzene rings is 1. The summed E-state index contributed by atoms with van der Waals surface area (Å²) >= 11 is 0. The van der Waals surface area contributed by atoms with Crippen molar-refractivity contribution >= 4 is 17.5 Å². The first kappa shape index (κ1) is 12.7. The first-order chi connectivity index (χ1) is 10.6. The average Bonchev–Trinajstić information content (AvgIpc) is 3.23. The monoisotopic (exact) mass is 303 g/mol. The molecule has 5 fully saturated rings. The van der Waals surface area contributed by atoms with Crippen LogP contribution in [-0.4, -0.2) is 11.8 Å². The Balaban J connectivity index is 1.59. The van der Waals surface area contributed by atoms with Crippen molar-refractivity contribution in [2.24, 2.45) is 35.5 Å². The number of carbonyl (C=O) groups is 2. The first-order valence-corrected chi connectivity index (χ1v) is 7.90. The van der Waals surface area contributed by atoms with Crippen molar-refractivity contribution < 1.29 is 18.4 Å². The van der Waals surface area contributed by atoms with E-state index in [0.717, 1.165) is 42.4 Å². The molecule has 22 heavy (non-hydrogen) atoms. The second kappa shape index (κ2) is 3.94. The zero-order valence-corrected chi connectivity index (χ0v) is 11.8. The van der Waals surface area contributed by atoms with E-state index >= 15 is 0 Å². The molecule has 6 unspecified atom stereocenters. The van der Waals surface area contributed by atoms with Gasteiger partial charge in [-0.15, -0.1) is 0 Å². The fraction of sp³-hybridized carbons (Fsp3) is 0.529. The molecule has 1 aliphatic heterocycles. The lowest BCUT2D eigenvalue weighted by atomic mass is 9.59. The molecule has 1 heterocycles. The van der Waals surface area contributed by atoms with Gasteiger partial charge in [-0.3, -0.25) is 9.59 Å². The summed E-state index contributed by atoms with van der Waals surface area (Å²) in [6.45, 7) is 0. The van der Waals surface area contributed by atoms with Gasteiger partial charge in [-0.2, -0.15) is 0 Å². The minimum atomic E-state index is -0.767. The van der Waals surface area contributed by atoms with Crippen LogP contribution in [0, 0.1) is 47.1 Å². The smallest absolute Gasteiger partial charge is 0.237 e. The number of anilines is 1. The summed E-state index contributed by atoms with van der Waals surface area (Å²) in [5.74, 6) is -0.781. The number of nitrogens with zero attached hydrogens (tertiary/aromatic N) is 1. The summed E-state index contributed by atoms with van der Waals surface area (Å²) in [6.07, 6.45) is 3.17. The molecule has 3 nitrogen and oxygen atoms in total. The summed E-state index contributed by atoms with van der Waals surface area (Å²) < 4.78 is 26.9. The predicted molar refractivity (Wildman–Crippen MR) is 73.6 cm³/mol. The third-order valence-electron chi connectivity index (χ3n) is 6.25. The minimum Gasteiger partial charge on any atom is -0.274 e. The quantitative estimate of drug-likeness (QED) is 0.748. The molecule has 2 amide bonds. The molecule has 4 saturated carbocycles. The lowest BCUT2D eigenvalue weighted by Gasteiger charge is -2.42. The predicted octanol–water partition coefficient (Wildman–Crippen LogP) is 2.75. The third kappa shape index (κ3) is 1.44. The van der Waals surface area contributed by atoms with Gasteiger partial charge in [0.2, 0.25) is 11.8 Å². The average molecular weight is 303 g/mol. The number of halogens is 2. The van der Waals surface area contributed by atoms with Crippen LogP contribution in [0.1, 0.15) is 19.3 Å². The van der Waals surface area contributed by atoms with Gasteiger partial charge < -0.3 is 0 Å².